The number of aromatic amines is 2. The van der Waals surface area contributed by atoms with Crippen LogP contribution < -0.4 is 15.6 Å². The third kappa shape index (κ3) is 5.29. The Balaban J connectivity index is 1.20. The summed E-state index contributed by atoms with van der Waals surface area (Å²) in [6, 6.07) is 4.24. The van der Waals surface area contributed by atoms with E-state index >= 15 is 0 Å². The number of aliphatic hydroxyl groups excluding tert-OH is 1. The van der Waals surface area contributed by atoms with Gasteiger partial charge in [0, 0.05) is 18.8 Å². The number of ether oxygens (including phenoxy) is 1. The van der Waals surface area contributed by atoms with Gasteiger partial charge in [0.2, 0.25) is 29.1 Å². The maximum absolute atomic E-state index is 13.9. The maximum atomic E-state index is 13.9. The number of benzene rings is 2. The molecule has 1 fully saturated rings. The van der Waals surface area contributed by atoms with Crippen molar-refractivity contribution in [1.29, 1.82) is 0 Å². The van der Waals surface area contributed by atoms with Crippen LogP contribution in [0.5, 0.6) is 5.75 Å². The zero-order chi connectivity index (χ0) is 32.2. The van der Waals surface area contributed by atoms with Gasteiger partial charge in [-0.05, 0) is 51.2 Å². The van der Waals surface area contributed by atoms with Crippen LogP contribution in [0.4, 0.5) is 27.6 Å². The molecule has 236 valence electrons. The van der Waals surface area contributed by atoms with Crippen LogP contribution in [-0.4, -0.2) is 87.1 Å². The zero-order valence-corrected chi connectivity index (χ0v) is 23.5. The zero-order valence-electron chi connectivity index (χ0n) is 23.5. The molecule has 1 atom stereocenters. The van der Waals surface area contributed by atoms with Gasteiger partial charge in [0.15, 0.2) is 5.75 Å². The van der Waals surface area contributed by atoms with Gasteiger partial charge >= 0.3 is 0 Å². The van der Waals surface area contributed by atoms with E-state index in [0.717, 1.165) is 13.1 Å². The van der Waals surface area contributed by atoms with E-state index in [0.29, 0.717) is 23.9 Å². The number of rotatable bonds is 8. The number of carbonyl (C=O) groups is 2. The third-order valence-electron chi connectivity index (χ3n) is 7.89. The number of imide groups is 1. The Kier molecular flexibility index (Phi) is 7.78. The van der Waals surface area contributed by atoms with E-state index < -0.39 is 64.9 Å². The highest BCUT2D eigenvalue weighted by molar-refractivity contribution is 6.23. The van der Waals surface area contributed by atoms with Crippen LogP contribution in [0.3, 0.4) is 0 Å². The number of nitrogens with one attached hydrogen (secondary N) is 3. The number of aliphatic hydroxyl groups is 1. The molecule has 0 radical (unpaired) electrons. The van der Waals surface area contributed by atoms with Crippen molar-refractivity contribution in [3.8, 4) is 17.1 Å². The van der Waals surface area contributed by atoms with Gasteiger partial charge in [0.1, 0.15) is 24.1 Å². The number of likely N-dealkylation sites (tertiary alicyclic amines) is 1. The van der Waals surface area contributed by atoms with Gasteiger partial charge in [0.25, 0.3) is 17.4 Å². The molecule has 1 saturated heterocycles. The number of anilines is 1. The first-order valence-electron chi connectivity index (χ1n) is 13.8. The van der Waals surface area contributed by atoms with Gasteiger partial charge < -0.3 is 30.0 Å². The SMILES string of the molecule is CN1CCC(N2C(=O)c3cc4nc(-c5c(NCC(O)COc6c(F)c(F)c(F)c(F)c6F)cc[nH]c5=O)[nH]c4cc3C2=O)CC1. The standard InChI is InChI=1S/C29H25F5N6O5/c1-39-6-3-12(4-7-39)40-28(43)14-8-17-18(9-15(14)29(40)44)38-26(37-17)19-16(2-5-35-27(19)42)36-10-13(41)11-45-25-23(33)21(31)20(30)22(32)24(25)34/h2,5,8-9,12-13,41H,3-4,6-7,10-11H2,1H3,(H,37,38)(H2,35,36,42). The van der Waals surface area contributed by atoms with Crippen molar-refractivity contribution >= 4 is 28.5 Å². The molecule has 45 heavy (non-hydrogen) atoms. The number of fused-ring (bicyclic) bond motifs is 2. The number of hydrogen-bond donors (Lipinski definition) is 4. The van der Waals surface area contributed by atoms with Gasteiger partial charge in [-0.15, -0.1) is 0 Å². The van der Waals surface area contributed by atoms with Crippen molar-refractivity contribution in [2.45, 2.75) is 25.0 Å². The molecule has 2 aromatic heterocycles. The Morgan fingerprint density at radius 3 is 2.29 bits per heavy atom. The number of H-pyrrole nitrogens is 2. The molecule has 4 aromatic rings. The Hall–Kier alpha value is -4.83. The van der Waals surface area contributed by atoms with Crippen molar-refractivity contribution in [2.75, 3.05) is 38.6 Å². The average molecular weight is 633 g/mol. The van der Waals surface area contributed by atoms with Crippen LogP contribution in [0.1, 0.15) is 33.6 Å². The predicted octanol–water partition coefficient (Wildman–Crippen LogP) is 3.16. The molecule has 2 aromatic carbocycles. The van der Waals surface area contributed by atoms with Gasteiger partial charge in [-0.3, -0.25) is 19.3 Å². The summed E-state index contributed by atoms with van der Waals surface area (Å²) < 4.78 is 72.6. The minimum atomic E-state index is -2.34. The fourth-order valence-corrected chi connectivity index (χ4v) is 5.50. The van der Waals surface area contributed by atoms with E-state index in [2.05, 4.69) is 29.9 Å². The van der Waals surface area contributed by atoms with Crippen LogP contribution in [-0.2, 0) is 0 Å². The first-order chi connectivity index (χ1) is 21.5. The van der Waals surface area contributed by atoms with E-state index in [-0.39, 0.29) is 40.8 Å². The summed E-state index contributed by atoms with van der Waals surface area (Å²) in [6.07, 6.45) is 1.12. The molecule has 11 nitrogen and oxygen atoms in total. The summed E-state index contributed by atoms with van der Waals surface area (Å²) in [4.78, 5) is 52.7. The van der Waals surface area contributed by atoms with E-state index in [9.17, 15) is 41.4 Å². The van der Waals surface area contributed by atoms with E-state index in [1.165, 1.54) is 29.3 Å². The third-order valence-corrected chi connectivity index (χ3v) is 7.89. The lowest BCUT2D eigenvalue weighted by molar-refractivity contribution is 0.0516. The second-order valence-electron chi connectivity index (χ2n) is 10.9. The molecule has 0 aliphatic carbocycles. The number of halogens is 5. The van der Waals surface area contributed by atoms with E-state index in [1.807, 2.05) is 7.05 Å². The van der Waals surface area contributed by atoms with Crippen molar-refractivity contribution in [1.82, 2.24) is 24.8 Å². The molecular formula is C29H25F5N6O5. The molecule has 2 aliphatic rings. The van der Waals surface area contributed by atoms with E-state index in [1.54, 1.807) is 0 Å². The molecule has 4 heterocycles. The first-order valence-corrected chi connectivity index (χ1v) is 13.8. The lowest BCUT2D eigenvalue weighted by Crippen LogP contribution is -2.46. The average Bonchev–Trinajstić information content (AvgIpc) is 3.54. The highest BCUT2D eigenvalue weighted by Crippen LogP contribution is 2.33. The van der Waals surface area contributed by atoms with Gasteiger partial charge in [-0.2, -0.15) is 8.78 Å². The van der Waals surface area contributed by atoms with E-state index in [4.69, 9.17) is 0 Å². The van der Waals surface area contributed by atoms with Gasteiger partial charge in [0.05, 0.1) is 27.8 Å². The number of imidazole rings is 1. The molecule has 2 amide bonds. The molecule has 1 unspecified atom stereocenters. The second-order valence-corrected chi connectivity index (χ2v) is 10.9. The summed E-state index contributed by atoms with van der Waals surface area (Å²) >= 11 is 0. The Morgan fingerprint density at radius 1 is 1.00 bits per heavy atom. The number of nitrogens with zero attached hydrogens (tertiary/aromatic N) is 3. The monoisotopic (exact) mass is 632 g/mol. The summed E-state index contributed by atoms with van der Waals surface area (Å²) in [5, 5.41) is 13.1. The summed E-state index contributed by atoms with van der Waals surface area (Å²) in [7, 11) is 1.98. The van der Waals surface area contributed by atoms with Crippen LogP contribution >= 0.6 is 0 Å². The molecular weight excluding hydrogens is 607 g/mol. The number of amides is 2. The molecule has 4 N–H and O–H groups in total. The van der Waals surface area contributed by atoms with Crippen LogP contribution in [0.15, 0.2) is 29.2 Å². The largest absolute Gasteiger partial charge is 0.485 e. The molecule has 0 saturated carbocycles. The van der Waals surface area contributed by atoms with Gasteiger partial charge in [-0.1, -0.05) is 0 Å². The highest BCUT2D eigenvalue weighted by Gasteiger charge is 2.41. The number of aromatic nitrogens is 3. The predicted molar refractivity (Wildman–Crippen MR) is 149 cm³/mol. The van der Waals surface area contributed by atoms with Crippen LogP contribution in [0.2, 0.25) is 0 Å². The van der Waals surface area contributed by atoms with Crippen molar-refractivity contribution in [3.63, 3.8) is 0 Å². The molecule has 0 bridgehead atoms. The van der Waals surface area contributed by atoms with Crippen molar-refractivity contribution in [3.05, 3.63) is 75.0 Å². The quantitative estimate of drug-likeness (QED) is 0.100. The highest BCUT2D eigenvalue weighted by atomic mass is 19.2. The Labute approximate surface area is 250 Å². The fourth-order valence-electron chi connectivity index (χ4n) is 5.50. The summed E-state index contributed by atoms with van der Waals surface area (Å²) in [5.41, 5.74) is 0.689. The molecule has 6 rings (SSSR count). The van der Waals surface area contributed by atoms with Crippen molar-refractivity contribution < 1.29 is 41.4 Å². The Morgan fingerprint density at radius 2 is 1.62 bits per heavy atom. The normalized spacial score (nSPS) is 16.5. The molecule has 16 heteroatoms. The topological polar surface area (TPSA) is 144 Å². The first kappa shape index (κ1) is 30.2. The lowest BCUT2D eigenvalue weighted by atomic mass is 10.0. The summed E-state index contributed by atoms with van der Waals surface area (Å²) in [6.45, 7) is 0.287. The van der Waals surface area contributed by atoms with Crippen LogP contribution in [0.25, 0.3) is 22.4 Å². The number of hydrogen-bond acceptors (Lipinski definition) is 8. The summed E-state index contributed by atoms with van der Waals surface area (Å²) in [5.74, 6) is -13.4. The number of carbonyl (C=O) groups excluding carboxylic acids is 2. The minimum absolute atomic E-state index is 0.00708. The second kappa shape index (κ2) is 11.6. The maximum Gasteiger partial charge on any atom is 0.261 e. The number of piperidine rings is 1. The Bertz CT molecular complexity index is 1820. The van der Waals surface area contributed by atoms with Crippen molar-refractivity contribution in [2.24, 2.45) is 0 Å². The number of pyridine rings is 1. The fraction of sp³-hybridized carbons (Fsp3) is 0.310. The van der Waals surface area contributed by atoms with Gasteiger partial charge in [-0.25, -0.2) is 18.2 Å². The smallest absolute Gasteiger partial charge is 0.261 e. The lowest BCUT2D eigenvalue weighted by Gasteiger charge is -2.33. The molecule has 2 aliphatic heterocycles. The van der Waals surface area contributed by atoms with Crippen LogP contribution in [0, 0.1) is 29.1 Å². The minimum Gasteiger partial charge on any atom is -0.485 e. The molecule has 0 spiro atoms.